The van der Waals surface area contributed by atoms with Crippen LogP contribution in [0.4, 0.5) is 0 Å². The van der Waals surface area contributed by atoms with Crippen LogP contribution in [0.3, 0.4) is 0 Å². The zero-order valence-electron chi connectivity index (χ0n) is 12.2. The van der Waals surface area contributed by atoms with Gasteiger partial charge in [-0.15, -0.1) is 0 Å². The molecule has 0 saturated heterocycles. The van der Waals surface area contributed by atoms with Gasteiger partial charge in [-0.3, -0.25) is 0 Å². The highest BCUT2D eigenvalue weighted by Crippen LogP contribution is 2.36. The molecule has 1 heterocycles. The molecular weight excluding hydrogens is 289 g/mol. The van der Waals surface area contributed by atoms with Gasteiger partial charge in [-0.2, -0.15) is 0 Å². The number of hydrogen-bond acceptors (Lipinski definition) is 3. The van der Waals surface area contributed by atoms with Gasteiger partial charge in [0.15, 0.2) is 0 Å². The molecular formula is C18H14BNO3. The highest BCUT2D eigenvalue weighted by atomic mass is 16.6. The van der Waals surface area contributed by atoms with Crippen molar-refractivity contribution in [2.75, 3.05) is 0 Å². The molecule has 0 aliphatic carbocycles. The summed E-state index contributed by atoms with van der Waals surface area (Å²) in [4.78, 5) is 3.45. The van der Waals surface area contributed by atoms with E-state index in [2.05, 4.69) is 4.98 Å². The minimum absolute atomic E-state index is 0.413. The molecule has 5 heteroatoms. The standard InChI is InChI=1S/C18H14BNO3/c21-19(22)23-13-10-15(12-6-2-1-3-7-12)18-16(11-13)14-8-4-5-9-17(14)20-18/h1-11,20-22H. The van der Waals surface area contributed by atoms with Gasteiger partial charge in [0.2, 0.25) is 0 Å². The maximum absolute atomic E-state index is 9.13. The van der Waals surface area contributed by atoms with Crippen LogP contribution in [0.2, 0.25) is 0 Å². The first-order chi connectivity index (χ1) is 11.2. The van der Waals surface area contributed by atoms with Crippen molar-refractivity contribution >= 4 is 29.1 Å². The summed E-state index contributed by atoms with van der Waals surface area (Å²) in [5, 5.41) is 20.3. The molecule has 0 aliphatic rings. The predicted molar refractivity (Wildman–Crippen MR) is 92.1 cm³/mol. The van der Waals surface area contributed by atoms with Crippen LogP contribution >= 0.6 is 0 Å². The summed E-state index contributed by atoms with van der Waals surface area (Å²) in [6.45, 7) is 0. The normalized spacial score (nSPS) is 11.0. The van der Waals surface area contributed by atoms with Gasteiger partial charge in [0.1, 0.15) is 5.75 Å². The molecule has 4 nitrogen and oxygen atoms in total. The Bertz CT molecular complexity index is 980. The Hall–Kier alpha value is -2.76. The fourth-order valence-electron chi connectivity index (χ4n) is 2.96. The summed E-state index contributed by atoms with van der Waals surface area (Å²) in [5.41, 5.74) is 4.01. The van der Waals surface area contributed by atoms with Crippen LogP contribution in [-0.4, -0.2) is 22.4 Å². The van der Waals surface area contributed by atoms with E-state index in [-0.39, 0.29) is 0 Å². The Labute approximate surface area is 133 Å². The van der Waals surface area contributed by atoms with Gasteiger partial charge in [-0.25, -0.2) is 0 Å². The summed E-state index contributed by atoms with van der Waals surface area (Å²) in [5.74, 6) is 0.413. The van der Waals surface area contributed by atoms with Crippen LogP contribution in [0.5, 0.6) is 5.75 Å². The zero-order valence-corrected chi connectivity index (χ0v) is 12.2. The summed E-state index contributed by atoms with van der Waals surface area (Å²) in [6, 6.07) is 21.6. The molecule has 1 aromatic heterocycles. The molecule has 0 aliphatic heterocycles. The molecule has 112 valence electrons. The van der Waals surface area contributed by atoms with Gasteiger partial charge in [-0.1, -0.05) is 48.5 Å². The third-order valence-electron chi connectivity index (χ3n) is 3.92. The summed E-state index contributed by atoms with van der Waals surface area (Å²) in [7, 11) is -1.85. The lowest BCUT2D eigenvalue weighted by molar-refractivity contribution is 0.288. The lowest BCUT2D eigenvalue weighted by Crippen LogP contribution is -2.20. The molecule has 0 saturated carbocycles. The first kappa shape index (κ1) is 13.9. The van der Waals surface area contributed by atoms with Crippen LogP contribution in [0, 0.1) is 0 Å². The Morgan fingerprint density at radius 3 is 2.35 bits per heavy atom. The zero-order chi connectivity index (χ0) is 15.8. The van der Waals surface area contributed by atoms with Crippen molar-refractivity contribution < 1.29 is 14.7 Å². The van der Waals surface area contributed by atoms with E-state index >= 15 is 0 Å². The molecule has 0 unspecified atom stereocenters. The summed E-state index contributed by atoms with van der Waals surface area (Å²) < 4.78 is 5.10. The van der Waals surface area contributed by atoms with Gasteiger partial charge in [0, 0.05) is 21.9 Å². The SMILES string of the molecule is OB(O)Oc1cc(-c2ccccc2)c2[nH]c3ccccc3c2c1. The molecule has 0 atom stereocenters. The molecule has 0 spiro atoms. The molecule has 4 rings (SSSR count). The van der Waals surface area contributed by atoms with Crippen molar-refractivity contribution in [1.29, 1.82) is 0 Å². The largest absolute Gasteiger partial charge is 0.707 e. The smallest absolute Gasteiger partial charge is 0.512 e. The first-order valence-corrected chi connectivity index (χ1v) is 7.35. The molecule has 0 radical (unpaired) electrons. The van der Waals surface area contributed by atoms with Crippen molar-refractivity contribution in [3.05, 3.63) is 66.7 Å². The number of rotatable bonds is 3. The van der Waals surface area contributed by atoms with E-state index in [9.17, 15) is 0 Å². The summed E-state index contributed by atoms with van der Waals surface area (Å²) >= 11 is 0. The van der Waals surface area contributed by atoms with E-state index in [0.29, 0.717) is 5.75 Å². The number of aromatic amines is 1. The molecule has 4 aromatic rings. The second-order valence-electron chi connectivity index (χ2n) is 5.37. The highest BCUT2D eigenvalue weighted by Gasteiger charge is 2.16. The molecule has 3 aromatic carbocycles. The predicted octanol–water partition coefficient (Wildman–Crippen LogP) is 3.34. The third-order valence-corrected chi connectivity index (χ3v) is 3.92. The van der Waals surface area contributed by atoms with E-state index in [0.717, 1.165) is 32.9 Å². The van der Waals surface area contributed by atoms with Gasteiger partial charge in [0.05, 0.1) is 5.52 Å². The highest BCUT2D eigenvalue weighted by molar-refractivity contribution is 6.34. The Morgan fingerprint density at radius 2 is 1.57 bits per heavy atom. The van der Waals surface area contributed by atoms with E-state index in [1.165, 1.54) is 0 Å². The number of aromatic nitrogens is 1. The van der Waals surface area contributed by atoms with Crippen LogP contribution in [0.25, 0.3) is 32.9 Å². The second kappa shape index (κ2) is 5.46. The average Bonchev–Trinajstić information content (AvgIpc) is 2.93. The lowest BCUT2D eigenvalue weighted by Gasteiger charge is -2.09. The van der Waals surface area contributed by atoms with Crippen molar-refractivity contribution in [2.24, 2.45) is 0 Å². The Morgan fingerprint density at radius 1 is 0.826 bits per heavy atom. The molecule has 23 heavy (non-hydrogen) atoms. The number of H-pyrrole nitrogens is 1. The fraction of sp³-hybridized carbons (Fsp3) is 0. The maximum atomic E-state index is 9.13. The van der Waals surface area contributed by atoms with Gasteiger partial charge < -0.3 is 19.7 Å². The van der Waals surface area contributed by atoms with Crippen LogP contribution in [0.15, 0.2) is 66.7 Å². The summed E-state index contributed by atoms with van der Waals surface area (Å²) in [6.07, 6.45) is 0. The van der Waals surface area contributed by atoms with E-state index in [1.807, 2.05) is 66.7 Å². The molecule has 0 bridgehead atoms. The number of para-hydroxylation sites is 1. The van der Waals surface area contributed by atoms with Gasteiger partial charge in [0.25, 0.3) is 0 Å². The molecule has 0 amide bonds. The lowest BCUT2D eigenvalue weighted by atomic mass is 10.0. The first-order valence-electron chi connectivity index (χ1n) is 7.35. The minimum atomic E-state index is -1.85. The third kappa shape index (κ3) is 2.46. The van der Waals surface area contributed by atoms with Crippen molar-refractivity contribution in [3.8, 4) is 16.9 Å². The van der Waals surface area contributed by atoms with Crippen LogP contribution in [0.1, 0.15) is 0 Å². The maximum Gasteiger partial charge on any atom is 0.707 e. The van der Waals surface area contributed by atoms with Crippen LogP contribution in [-0.2, 0) is 0 Å². The van der Waals surface area contributed by atoms with Crippen molar-refractivity contribution in [1.82, 2.24) is 4.98 Å². The molecule has 3 N–H and O–H groups in total. The Kier molecular flexibility index (Phi) is 3.30. The monoisotopic (exact) mass is 303 g/mol. The second-order valence-corrected chi connectivity index (χ2v) is 5.37. The number of nitrogens with one attached hydrogen (secondary N) is 1. The fourth-order valence-corrected chi connectivity index (χ4v) is 2.96. The number of hydrogen-bond donors (Lipinski definition) is 3. The van der Waals surface area contributed by atoms with Crippen molar-refractivity contribution in [3.63, 3.8) is 0 Å². The number of benzene rings is 3. The topological polar surface area (TPSA) is 65.5 Å². The van der Waals surface area contributed by atoms with Crippen molar-refractivity contribution in [2.45, 2.75) is 0 Å². The number of fused-ring (bicyclic) bond motifs is 3. The Balaban J connectivity index is 2.06. The van der Waals surface area contributed by atoms with E-state index in [1.54, 1.807) is 0 Å². The average molecular weight is 303 g/mol. The van der Waals surface area contributed by atoms with Crippen LogP contribution < -0.4 is 4.65 Å². The van der Waals surface area contributed by atoms with E-state index < -0.39 is 7.32 Å². The van der Waals surface area contributed by atoms with Gasteiger partial charge >= 0.3 is 7.32 Å². The van der Waals surface area contributed by atoms with Gasteiger partial charge in [-0.05, 0) is 23.8 Å². The quantitative estimate of drug-likeness (QED) is 0.509. The minimum Gasteiger partial charge on any atom is -0.512 e. The molecule has 0 fully saturated rings. The van der Waals surface area contributed by atoms with E-state index in [4.69, 9.17) is 14.7 Å².